The van der Waals surface area contributed by atoms with Gasteiger partial charge in [-0.2, -0.15) is 0 Å². The van der Waals surface area contributed by atoms with Crippen molar-refractivity contribution in [1.82, 2.24) is 9.62 Å². The summed E-state index contributed by atoms with van der Waals surface area (Å²) in [5.41, 5.74) is 0.499. The van der Waals surface area contributed by atoms with Crippen molar-refractivity contribution in [3.63, 3.8) is 0 Å². The van der Waals surface area contributed by atoms with Crippen molar-refractivity contribution in [3.05, 3.63) is 29.6 Å². The molecule has 1 saturated carbocycles. The van der Waals surface area contributed by atoms with Gasteiger partial charge >= 0.3 is 0 Å². The number of carbonyl (C=O) groups is 1. The smallest absolute Gasteiger partial charge is 0.240 e. The molecule has 1 aliphatic carbocycles. The number of likely N-dealkylation sites (tertiary alicyclic amines) is 1. The Kier molecular flexibility index (Phi) is 4.92. The standard InChI is InChI=1S/C17H23FN2O3S/c1-12-6-7-14(18)9-16(12)24(22,23)19-10-13-8-17(21)20(11-13)15-4-2-3-5-15/h6-7,9,13,15,19H,2-5,8,10-11H2,1H3/t13-/m1/s1. The lowest BCUT2D eigenvalue weighted by Gasteiger charge is -2.24. The third-order valence-corrected chi connectivity index (χ3v) is 6.57. The largest absolute Gasteiger partial charge is 0.339 e. The molecule has 1 aliphatic heterocycles. The van der Waals surface area contributed by atoms with Gasteiger partial charge in [0.15, 0.2) is 0 Å². The van der Waals surface area contributed by atoms with Crippen molar-refractivity contribution in [2.45, 2.75) is 50.0 Å². The van der Waals surface area contributed by atoms with Crippen LogP contribution in [-0.4, -0.2) is 38.4 Å². The first-order valence-electron chi connectivity index (χ1n) is 8.42. The molecular weight excluding hydrogens is 331 g/mol. The summed E-state index contributed by atoms with van der Waals surface area (Å²) in [4.78, 5) is 14.0. The Morgan fingerprint density at radius 1 is 1.29 bits per heavy atom. The minimum Gasteiger partial charge on any atom is -0.339 e. The summed E-state index contributed by atoms with van der Waals surface area (Å²) in [6.45, 7) is 2.44. The molecule has 3 rings (SSSR count). The lowest BCUT2D eigenvalue weighted by Crippen LogP contribution is -2.36. The molecule has 0 radical (unpaired) electrons. The van der Waals surface area contributed by atoms with Gasteiger partial charge in [-0.3, -0.25) is 4.79 Å². The molecule has 2 aliphatic rings. The van der Waals surface area contributed by atoms with Gasteiger partial charge in [0.05, 0.1) is 4.90 Å². The van der Waals surface area contributed by atoms with E-state index < -0.39 is 15.8 Å². The molecule has 0 unspecified atom stereocenters. The number of sulfonamides is 1. The number of carbonyl (C=O) groups excluding carboxylic acids is 1. The van der Waals surface area contributed by atoms with Gasteiger partial charge in [-0.25, -0.2) is 17.5 Å². The average Bonchev–Trinajstić information content (AvgIpc) is 3.17. The summed E-state index contributed by atoms with van der Waals surface area (Å²) in [6, 6.07) is 4.04. The lowest BCUT2D eigenvalue weighted by molar-refractivity contribution is -0.129. The summed E-state index contributed by atoms with van der Waals surface area (Å²) in [5, 5.41) is 0. The van der Waals surface area contributed by atoms with E-state index in [2.05, 4.69) is 4.72 Å². The highest BCUT2D eigenvalue weighted by Gasteiger charge is 2.35. The van der Waals surface area contributed by atoms with Crippen LogP contribution in [-0.2, 0) is 14.8 Å². The topological polar surface area (TPSA) is 66.5 Å². The second-order valence-corrected chi connectivity index (χ2v) is 8.55. The molecule has 1 aromatic rings. The Balaban J connectivity index is 1.63. The van der Waals surface area contributed by atoms with Crippen LogP contribution in [0.1, 0.15) is 37.7 Å². The van der Waals surface area contributed by atoms with Gasteiger partial charge in [0.25, 0.3) is 0 Å². The molecule has 1 aromatic carbocycles. The normalized spacial score (nSPS) is 22.5. The number of rotatable bonds is 5. The van der Waals surface area contributed by atoms with E-state index in [0.29, 0.717) is 24.6 Å². The number of nitrogens with zero attached hydrogens (tertiary/aromatic N) is 1. The highest BCUT2D eigenvalue weighted by atomic mass is 32.2. The average molecular weight is 354 g/mol. The first kappa shape index (κ1) is 17.4. The molecule has 0 bridgehead atoms. The van der Waals surface area contributed by atoms with E-state index in [1.54, 1.807) is 6.92 Å². The van der Waals surface area contributed by atoms with Crippen molar-refractivity contribution in [3.8, 4) is 0 Å². The van der Waals surface area contributed by atoms with E-state index in [9.17, 15) is 17.6 Å². The first-order valence-corrected chi connectivity index (χ1v) is 9.90. The minimum absolute atomic E-state index is 0.0262. The first-order chi connectivity index (χ1) is 11.4. The predicted octanol–water partition coefficient (Wildman–Crippen LogP) is 2.20. The van der Waals surface area contributed by atoms with Crippen LogP contribution in [0.5, 0.6) is 0 Å². The number of aryl methyl sites for hydroxylation is 1. The van der Waals surface area contributed by atoms with Crippen LogP contribution in [0.25, 0.3) is 0 Å². The summed E-state index contributed by atoms with van der Waals surface area (Å²) in [6.07, 6.45) is 4.79. The number of amides is 1. The van der Waals surface area contributed by atoms with Crippen LogP contribution >= 0.6 is 0 Å². The molecule has 5 nitrogen and oxygen atoms in total. The highest BCUT2D eigenvalue weighted by Crippen LogP contribution is 2.29. The quantitative estimate of drug-likeness (QED) is 0.882. The SMILES string of the molecule is Cc1ccc(F)cc1S(=O)(=O)NC[C@H]1CC(=O)N(C2CCCC2)C1. The fraction of sp³-hybridized carbons (Fsp3) is 0.588. The molecule has 1 amide bonds. The van der Waals surface area contributed by atoms with Crippen LogP contribution in [0.15, 0.2) is 23.1 Å². The third-order valence-electron chi connectivity index (χ3n) is 5.01. The van der Waals surface area contributed by atoms with Crippen molar-refractivity contribution in [2.75, 3.05) is 13.1 Å². The summed E-state index contributed by atoms with van der Waals surface area (Å²) in [5.74, 6) is -0.487. The zero-order valence-electron chi connectivity index (χ0n) is 13.8. The molecule has 1 heterocycles. The second kappa shape index (κ2) is 6.80. The molecule has 2 fully saturated rings. The van der Waals surface area contributed by atoms with Gasteiger partial charge in [-0.1, -0.05) is 18.9 Å². The summed E-state index contributed by atoms with van der Waals surface area (Å²) < 4.78 is 40.7. The molecule has 1 N–H and O–H groups in total. The van der Waals surface area contributed by atoms with E-state index in [1.807, 2.05) is 4.90 Å². The Morgan fingerprint density at radius 3 is 2.71 bits per heavy atom. The number of hydrogen-bond acceptors (Lipinski definition) is 3. The molecule has 1 atom stereocenters. The Bertz CT molecular complexity index is 729. The molecule has 7 heteroatoms. The Labute approximate surface area is 142 Å². The van der Waals surface area contributed by atoms with Crippen LogP contribution in [0.2, 0.25) is 0 Å². The maximum atomic E-state index is 13.4. The van der Waals surface area contributed by atoms with Gasteiger partial charge in [0.1, 0.15) is 5.82 Å². The Hall–Kier alpha value is -1.47. The van der Waals surface area contributed by atoms with E-state index in [-0.39, 0.29) is 23.3 Å². The summed E-state index contributed by atoms with van der Waals surface area (Å²) in [7, 11) is -3.77. The van der Waals surface area contributed by atoms with Gasteiger partial charge in [-0.15, -0.1) is 0 Å². The van der Waals surface area contributed by atoms with Crippen molar-refractivity contribution in [2.24, 2.45) is 5.92 Å². The maximum absolute atomic E-state index is 13.4. The van der Waals surface area contributed by atoms with Crippen molar-refractivity contribution >= 4 is 15.9 Å². The molecule has 1 saturated heterocycles. The zero-order valence-corrected chi connectivity index (χ0v) is 14.6. The molecule has 0 spiro atoms. The number of halogens is 1. The summed E-state index contributed by atoms with van der Waals surface area (Å²) >= 11 is 0. The fourth-order valence-corrected chi connectivity index (χ4v) is 5.05. The van der Waals surface area contributed by atoms with Gasteiger partial charge in [-0.05, 0) is 43.4 Å². The van der Waals surface area contributed by atoms with E-state index in [0.717, 1.165) is 31.7 Å². The van der Waals surface area contributed by atoms with Crippen LogP contribution in [0, 0.1) is 18.7 Å². The predicted molar refractivity (Wildman–Crippen MR) is 88.4 cm³/mol. The maximum Gasteiger partial charge on any atom is 0.240 e. The van der Waals surface area contributed by atoms with Crippen LogP contribution in [0.4, 0.5) is 4.39 Å². The van der Waals surface area contributed by atoms with Gasteiger partial charge < -0.3 is 4.90 Å². The van der Waals surface area contributed by atoms with Crippen molar-refractivity contribution < 1.29 is 17.6 Å². The van der Waals surface area contributed by atoms with E-state index in [4.69, 9.17) is 0 Å². The Morgan fingerprint density at radius 2 is 2.00 bits per heavy atom. The molecule has 0 aromatic heterocycles. The van der Waals surface area contributed by atoms with E-state index >= 15 is 0 Å². The van der Waals surface area contributed by atoms with Gasteiger partial charge in [0.2, 0.25) is 15.9 Å². The lowest BCUT2D eigenvalue weighted by atomic mass is 10.1. The third kappa shape index (κ3) is 3.62. The molecule has 132 valence electrons. The van der Waals surface area contributed by atoms with Crippen molar-refractivity contribution in [1.29, 1.82) is 0 Å². The van der Waals surface area contributed by atoms with Gasteiger partial charge in [0, 0.05) is 25.6 Å². The molecule has 24 heavy (non-hydrogen) atoms. The number of hydrogen-bond donors (Lipinski definition) is 1. The molecular formula is C17H23FN2O3S. The van der Waals surface area contributed by atoms with E-state index in [1.165, 1.54) is 12.1 Å². The van der Waals surface area contributed by atoms with Crippen LogP contribution in [0.3, 0.4) is 0 Å². The number of nitrogens with one attached hydrogen (secondary N) is 1. The van der Waals surface area contributed by atoms with Crippen LogP contribution < -0.4 is 4.72 Å². The fourth-order valence-electron chi connectivity index (χ4n) is 3.68. The number of benzene rings is 1. The minimum atomic E-state index is -3.77. The second-order valence-electron chi connectivity index (χ2n) is 6.82. The highest BCUT2D eigenvalue weighted by molar-refractivity contribution is 7.89. The zero-order chi connectivity index (χ0) is 17.3. The monoisotopic (exact) mass is 354 g/mol.